The van der Waals surface area contributed by atoms with Crippen molar-refractivity contribution < 1.29 is 14.6 Å². The summed E-state index contributed by atoms with van der Waals surface area (Å²) >= 11 is 0. The van der Waals surface area contributed by atoms with Crippen LogP contribution >= 0.6 is 0 Å². The number of methoxy groups -OCH3 is 1. The Labute approximate surface area is 116 Å². The maximum atomic E-state index is 11.2. The van der Waals surface area contributed by atoms with E-state index >= 15 is 0 Å². The highest BCUT2D eigenvalue weighted by atomic mass is 16.5. The van der Waals surface area contributed by atoms with Gasteiger partial charge in [0.05, 0.1) is 11.7 Å². The van der Waals surface area contributed by atoms with Crippen molar-refractivity contribution in [1.29, 1.82) is 0 Å². The SMILES string of the molecule is COC1CC(Nc2ncc(C(=O)O)c3ccccc23)C1. The standard InChI is InChI=1S/C15H16N2O3/c1-20-10-6-9(7-10)17-14-12-5-3-2-4-11(12)13(8-16-14)15(18)19/h2-5,8-10H,6-7H2,1H3,(H,16,17)(H,18,19). The number of nitrogens with one attached hydrogen (secondary N) is 1. The predicted molar refractivity (Wildman–Crippen MR) is 76.1 cm³/mol. The van der Waals surface area contributed by atoms with E-state index in [1.807, 2.05) is 24.3 Å². The average molecular weight is 272 g/mol. The predicted octanol–water partition coefficient (Wildman–Crippen LogP) is 2.52. The lowest BCUT2D eigenvalue weighted by Crippen LogP contribution is -2.40. The van der Waals surface area contributed by atoms with Crippen LogP contribution in [0.15, 0.2) is 30.5 Å². The van der Waals surface area contributed by atoms with E-state index in [9.17, 15) is 9.90 Å². The highest BCUT2D eigenvalue weighted by molar-refractivity contribution is 6.06. The maximum absolute atomic E-state index is 11.2. The first kappa shape index (κ1) is 12.9. The van der Waals surface area contributed by atoms with Gasteiger partial charge in [-0.2, -0.15) is 0 Å². The zero-order chi connectivity index (χ0) is 14.1. The number of rotatable bonds is 4. The van der Waals surface area contributed by atoms with Gasteiger partial charge in [0.15, 0.2) is 0 Å². The van der Waals surface area contributed by atoms with Crippen LogP contribution in [0.4, 0.5) is 5.82 Å². The summed E-state index contributed by atoms with van der Waals surface area (Å²) in [4.78, 5) is 15.5. The van der Waals surface area contributed by atoms with Crippen molar-refractivity contribution in [3.8, 4) is 0 Å². The topological polar surface area (TPSA) is 71.5 Å². The number of pyridine rings is 1. The molecule has 0 atom stereocenters. The van der Waals surface area contributed by atoms with E-state index in [1.54, 1.807) is 7.11 Å². The van der Waals surface area contributed by atoms with Gasteiger partial charge in [-0.05, 0) is 12.8 Å². The average Bonchev–Trinajstić information content (AvgIpc) is 2.41. The number of anilines is 1. The second-order valence-electron chi connectivity index (χ2n) is 5.04. The van der Waals surface area contributed by atoms with E-state index < -0.39 is 5.97 Å². The van der Waals surface area contributed by atoms with Crippen molar-refractivity contribution in [3.63, 3.8) is 0 Å². The molecule has 1 aliphatic rings. The summed E-state index contributed by atoms with van der Waals surface area (Å²) < 4.78 is 5.25. The smallest absolute Gasteiger partial charge is 0.337 e. The first-order valence-electron chi connectivity index (χ1n) is 6.59. The van der Waals surface area contributed by atoms with Crippen molar-refractivity contribution >= 4 is 22.6 Å². The first-order chi connectivity index (χ1) is 9.69. The molecule has 3 rings (SSSR count). The fourth-order valence-corrected chi connectivity index (χ4v) is 2.55. The Morgan fingerprint density at radius 2 is 2.05 bits per heavy atom. The minimum absolute atomic E-state index is 0.231. The molecule has 1 aromatic carbocycles. The van der Waals surface area contributed by atoms with Gasteiger partial charge in [0, 0.05) is 30.1 Å². The second kappa shape index (κ2) is 5.09. The first-order valence-corrected chi connectivity index (χ1v) is 6.59. The third kappa shape index (κ3) is 2.20. The summed E-state index contributed by atoms with van der Waals surface area (Å²) in [6.07, 6.45) is 3.64. The van der Waals surface area contributed by atoms with E-state index in [0.29, 0.717) is 17.5 Å². The van der Waals surface area contributed by atoms with Crippen LogP contribution < -0.4 is 5.32 Å². The van der Waals surface area contributed by atoms with E-state index in [1.165, 1.54) is 6.20 Å². The summed E-state index contributed by atoms with van der Waals surface area (Å²) in [7, 11) is 1.72. The molecule has 0 bridgehead atoms. The second-order valence-corrected chi connectivity index (χ2v) is 5.04. The van der Waals surface area contributed by atoms with Crippen LogP contribution in [0.5, 0.6) is 0 Å². The summed E-state index contributed by atoms with van der Waals surface area (Å²) in [5.41, 5.74) is 0.231. The molecule has 5 nitrogen and oxygen atoms in total. The zero-order valence-electron chi connectivity index (χ0n) is 11.2. The number of fused-ring (bicyclic) bond motifs is 1. The Hall–Kier alpha value is -2.14. The van der Waals surface area contributed by atoms with Gasteiger partial charge < -0.3 is 15.2 Å². The number of aromatic carboxylic acids is 1. The quantitative estimate of drug-likeness (QED) is 0.894. The monoisotopic (exact) mass is 272 g/mol. The molecule has 2 aromatic rings. The van der Waals surface area contributed by atoms with Gasteiger partial charge in [-0.1, -0.05) is 24.3 Å². The van der Waals surface area contributed by atoms with Crippen LogP contribution in [-0.4, -0.2) is 35.3 Å². The fraction of sp³-hybridized carbons (Fsp3) is 0.333. The largest absolute Gasteiger partial charge is 0.478 e. The molecular formula is C15H16N2O3. The van der Waals surface area contributed by atoms with Crippen LogP contribution in [0.2, 0.25) is 0 Å². The molecule has 0 radical (unpaired) electrons. The van der Waals surface area contributed by atoms with Gasteiger partial charge >= 0.3 is 5.97 Å². The van der Waals surface area contributed by atoms with Gasteiger partial charge in [-0.3, -0.25) is 0 Å². The lowest BCUT2D eigenvalue weighted by atomic mass is 9.89. The lowest BCUT2D eigenvalue weighted by Gasteiger charge is -2.35. The lowest BCUT2D eigenvalue weighted by molar-refractivity contribution is 0.0328. The third-order valence-electron chi connectivity index (χ3n) is 3.79. The van der Waals surface area contributed by atoms with E-state index in [4.69, 9.17) is 4.74 Å². The molecule has 2 N–H and O–H groups in total. The summed E-state index contributed by atoms with van der Waals surface area (Å²) in [6.45, 7) is 0. The summed E-state index contributed by atoms with van der Waals surface area (Å²) in [5.74, 6) is -0.214. The van der Waals surface area contributed by atoms with Gasteiger partial charge in [0.25, 0.3) is 0 Å². The van der Waals surface area contributed by atoms with E-state index in [2.05, 4.69) is 10.3 Å². The van der Waals surface area contributed by atoms with Gasteiger partial charge in [0.1, 0.15) is 5.82 Å². The van der Waals surface area contributed by atoms with E-state index in [0.717, 1.165) is 24.0 Å². The van der Waals surface area contributed by atoms with Gasteiger partial charge in [0.2, 0.25) is 0 Å². The molecule has 5 heteroatoms. The molecule has 0 unspecified atom stereocenters. The molecule has 1 aromatic heterocycles. The molecular weight excluding hydrogens is 256 g/mol. The number of benzene rings is 1. The van der Waals surface area contributed by atoms with Gasteiger partial charge in [-0.25, -0.2) is 9.78 Å². The number of carboxylic acids is 1. The highest BCUT2D eigenvalue weighted by Gasteiger charge is 2.29. The van der Waals surface area contributed by atoms with Crippen molar-refractivity contribution in [2.24, 2.45) is 0 Å². The van der Waals surface area contributed by atoms with Crippen LogP contribution in [0.25, 0.3) is 10.8 Å². The molecule has 1 saturated carbocycles. The van der Waals surface area contributed by atoms with Crippen LogP contribution in [-0.2, 0) is 4.74 Å². The minimum atomic E-state index is -0.955. The van der Waals surface area contributed by atoms with Crippen molar-refractivity contribution in [3.05, 3.63) is 36.0 Å². The summed E-state index contributed by atoms with van der Waals surface area (Å²) in [6, 6.07) is 7.77. The van der Waals surface area contributed by atoms with E-state index in [-0.39, 0.29) is 5.56 Å². The van der Waals surface area contributed by atoms with Gasteiger partial charge in [-0.15, -0.1) is 0 Å². The third-order valence-corrected chi connectivity index (χ3v) is 3.79. The van der Waals surface area contributed by atoms with Crippen molar-refractivity contribution in [2.75, 3.05) is 12.4 Å². The van der Waals surface area contributed by atoms with Crippen LogP contribution in [0, 0.1) is 0 Å². The Morgan fingerprint density at radius 1 is 1.35 bits per heavy atom. The fourth-order valence-electron chi connectivity index (χ4n) is 2.55. The van der Waals surface area contributed by atoms with Crippen molar-refractivity contribution in [2.45, 2.75) is 25.0 Å². The Kier molecular flexibility index (Phi) is 3.28. The number of carboxylic acid groups (broad SMARTS) is 1. The Balaban J connectivity index is 1.92. The number of aromatic nitrogens is 1. The minimum Gasteiger partial charge on any atom is -0.478 e. The Morgan fingerprint density at radius 3 is 2.70 bits per heavy atom. The molecule has 0 spiro atoms. The number of carbonyl (C=O) groups is 1. The summed E-state index contributed by atoms with van der Waals surface area (Å²) in [5, 5.41) is 14.1. The molecule has 0 aliphatic heterocycles. The molecule has 0 saturated heterocycles. The number of hydrogen-bond donors (Lipinski definition) is 2. The zero-order valence-corrected chi connectivity index (χ0v) is 11.2. The molecule has 20 heavy (non-hydrogen) atoms. The highest BCUT2D eigenvalue weighted by Crippen LogP contribution is 2.30. The number of hydrogen-bond acceptors (Lipinski definition) is 4. The molecule has 0 amide bonds. The molecule has 1 heterocycles. The maximum Gasteiger partial charge on any atom is 0.337 e. The van der Waals surface area contributed by atoms with Crippen LogP contribution in [0.1, 0.15) is 23.2 Å². The number of ether oxygens (including phenoxy) is 1. The molecule has 104 valence electrons. The van der Waals surface area contributed by atoms with Crippen molar-refractivity contribution in [1.82, 2.24) is 4.98 Å². The Bertz CT molecular complexity index is 651. The number of nitrogens with zero attached hydrogens (tertiary/aromatic N) is 1. The molecule has 1 aliphatic carbocycles. The van der Waals surface area contributed by atoms with Crippen LogP contribution in [0.3, 0.4) is 0 Å². The molecule has 1 fully saturated rings. The normalized spacial score (nSPS) is 21.4.